The largest absolute Gasteiger partial charge is 0.383 e. The van der Waals surface area contributed by atoms with Gasteiger partial charge in [0, 0.05) is 19.2 Å². The fourth-order valence-corrected chi connectivity index (χ4v) is 2.99. The summed E-state index contributed by atoms with van der Waals surface area (Å²) in [6, 6.07) is 1.30. The maximum atomic E-state index is 5.30. The molecule has 0 saturated heterocycles. The SMILES string of the molecule is CCN(C(C)COC)C1CCC1CNCC(C)C. The summed E-state index contributed by atoms with van der Waals surface area (Å²) in [6.45, 7) is 13.4. The molecule has 1 fully saturated rings. The standard InChI is InChI=1S/C15H32N2O/c1-6-17(13(4)11-18-5)15-8-7-14(15)10-16-9-12(2)3/h12-16H,6-11H2,1-5H3. The smallest absolute Gasteiger partial charge is 0.0615 e. The predicted molar refractivity (Wildman–Crippen MR) is 77.9 cm³/mol. The van der Waals surface area contributed by atoms with Crippen molar-refractivity contribution in [3.8, 4) is 0 Å². The Morgan fingerprint density at radius 3 is 2.44 bits per heavy atom. The Hall–Kier alpha value is -0.120. The summed E-state index contributed by atoms with van der Waals surface area (Å²) in [5.41, 5.74) is 0. The van der Waals surface area contributed by atoms with E-state index < -0.39 is 0 Å². The molecule has 108 valence electrons. The molecule has 0 spiro atoms. The lowest BCUT2D eigenvalue weighted by Crippen LogP contribution is -2.54. The Bertz CT molecular complexity index is 221. The van der Waals surface area contributed by atoms with Gasteiger partial charge in [-0.1, -0.05) is 20.8 Å². The van der Waals surface area contributed by atoms with Crippen molar-refractivity contribution in [2.24, 2.45) is 11.8 Å². The highest BCUT2D eigenvalue weighted by atomic mass is 16.5. The van der Waals surface area contributed by atoms with Crippen LogP contribution in [-0.4, -0.2) is 50.3 Å². The Kier molecular flexibility index (Phi) is 7.20. The van der Waals surface area contributed by atoms with E-state index in [-0.39, 0.29) is 0 Å². The van der Waals surface area contributed by atoms with Crippen LogP contribution in [0.1, 0.15) is 40.5 Å². The van der Waals surface area contributed by atoms with Crippen molar-refractivity contribution >= 4 is 0 Å². The van der Waals surface area contributed by atoms with Gasteiger partial charge in [0.15, 0.2) is 0 Å². The molecule has 0 bridgehead atoms. The summed E-state index contributed by atoms with van der Waals surface area (Å²) in [5, 5.41) is 3.61. The van der Waals surface area contributed by atoms with Crippen LogP contribution in [0.5, 0.6) is 0 Å². The summed E-state index contributed by atoms with van der Waals surface area (Å²) in [7, 11) is 1.80. The van der Waals surface area contributed by atoms with Gasteiger partial charge in [-0.05, 0) is 51.2 Å². The van der Waals surface area contributed by atoms with Gasteiger partial charge in [-0.2, -0.15) is 0 Å². The van der Waals surface area contributed by atoms with Crippen LogP contribution in [0.3, 0.4) is 0 Å². The van der Waals surface area contributed by atoms with Crippen LogP contribution in [0.2, 0.25) is 0 Å². The maximum Gasteiger partial charge on any atom is 0.0615 e. The third kappa shape index (κ3) is 4.52. The number of methoxy groups -OCH3 is 1. The van der Waals surface area contributed by atoms with Gasteiger partial charge >= 0.3 is 0 Å². The van der Waals surface area contributed by atoms with E-state index in [0.29, 0.717) is 6.04 Å². The molecule has 1 rings (SSSR count). The third-order valence-corrected chi connectivity index (χ3v) is 4.10. The van der Waals surface area contributed by atoms with Crippen molar-refractivity contribution in [2.75, 3.05) is 33.4 Å². The van der Waals surface area contributed by atoms with Crippen LogP contribution in [0.4, 0.5) is 0 Å². The van der Waals surface area contributed by atoms with Crippen molar-refractivity contribution < 1.29 is 4.74 Å². The Labute approximate surface area is 113 Å². The van der Waals surface area contributed by atoms with Gasteiger partial charge in [0.1, 0.15) is 0 Å². The first-order chi connectivity index (χ1) is 8.60. The van der Waals surface area contributed by atoms with E-state index in [1.165, 1.54) is 19.4 Å². The Morgan fingerprint density at radius 1 is 1.28 bits per heavy atom. The molecule has 18 heavy (non-hydrogen) atoms. The van der Waals surface area contributed by atoms with Crippen LogP contribution in [0, 0.1) is 11.8 Å². The van der Waals surface area contributed by atoms with E-state index in [9.17, 15) is 0 Å². The molecular weight excluding hydrogens is 224 g/mol. The molecular formula is C15H32N2O. The van der Waals surface area contributed by atoms with Gasteiger partial charge in [0.05, 0.1) is 6.61 Å². The lowest BCUT2D eigenvalue weighted by Gasteiger charge is -2.47. The first-order valence-electron chi connectivity index (χ1n) is 7.55. The van der Waals surface area contributed by atoms with Gasteiger partial charge in [-0.25, -0.2) is 0 Å². The molecule has 0 heterocycles. The lowest BCUT2D eigenvalue weighted by molar-refractivity contribution is 0.00781. The molecule has 1 aliphatic carbocycles. The van der Waals surface area contributed by atoms with Crippen molar-refractivity contribution in [3.63, 3.8) is 0 Å². The van der Waals surface area contributed by atoms with E-state index >= 15 is 0 Å². The number of hydrogen-bond acceptors (Lipinski definition) is 3. The molecule has 3 nitrogen and oxygen atoms in total. The lowest BCUT2D eigenvalue weighted by atomic mass is 9.77. The summed E-state index contributed by atoms with van der Waals surface area (Å²) in [4.78, 5) is 2.62. The zero-order chi connectivity index (χ0) is 13.5. The monoisotopic (exact) mass is 256 g/mol. The Morgan fingerprint density at radius 2 is 2.00 bits per heavy atom. The second kappa shape index (κ2) is 8.13. The number of nitrogens with zero attached hydrogens (tertiary/aromatic N) is 1. The minimum atomic E-state index is 0.540. The van der Waals surface area contributed by atoms with Gasteiger partial charge in [-0.3, -0.25) is 4.90 Å². The van der Waals surface area contributed by atoms with Gasteiger partial charge in [0.2, 0.25) is 0 Å². The van der Waals surface area contributed by atoms with Crippen LogP contribution in [-0.2, 0) is 4.74 Å². The minimum absolute atomic E-state index is 0.540. The predicted octanol–water partition coefficient (Wildman–Crippen LogP) is 2.37. The number of hydrogen-bond donors (Lipinski definition) is 1. The van der Waals surface area contributed by atoms with Crippen molar-refractivity contribution in [1.82, 2.24) is 10.2 Å². The van der Waals surface area contributed by atoms with E-state index in [4.69, 9.17) is 4.74 Å². The number of ether oxygens (including phenoxy) is 1. The van der Waals surface area contributed by atoms with Crippen molar-refractivity contribution in [1.29, 1.82) is 0 Å². The first kappa shape index (κ1) is 15.9. The second-order valence-electron chi connectivity index (χ2n) is 6.09. The van der Waals surface area contributed by atoms with Crippen LogP contribution < -0.4 is 5.32 Å². The average Bonchev–Trinajstić information content (AvgIpc) is 2.29. The van der Waals surface area contributed by atoms with Gasteiger partial charge < -0.3 is 10.1 Å². The van der Waals surface area contributed by atoms with Crippen LogP contribution in [0.25, 0.3) is 0 Å². The topological polar surface area (TPSA) is 24.5 Å². The summed E-state index contributed by atoms with van der Waals surface area (Å²) < 4.78 is 5.30. The highest BCUT2D eigenvalue weighted by Gasteiger charge is 2.36. The molecule has 0 radical (unpaired) electrons. The molecule has 0 aliphatic heterocycles. The molecule has 3 unspecified atom stereocenters. The molecule has 0 aromatic heterocycles. The number of nitrogens with one attached hydrogen (secondary N) is 1. The molecule has 3 heteroatoms. The number of rotatable bonds is 9. The number of likely N-dealkylation sites (N-methyl/N-ethyl adjacent to an activating group) is 1. The van der Waals surface area contributed by atoms with Crippen LogP contribution >= 0.6 is 0 Å². The summed E-state index contributed by atoms with van der Waals surface area (Å²) in [6.07, 6.45) is 2.74. The fourth-order valence-electron chi connectivity index (χ4n) is 2.99. The maximum absolute atomic E-state index is 5.30. The molecule has 0 aromatic carbocycles. The van der Waals surface area contributed by atoms with E-state index in [2.05, 4.69) is 37.9 Å². The molecule has 1 N–H and O–H groups in total. The Balaban J connectivity index is 2.35. The average molecular weight is 256 g/mol. The van der Waals surface area contributed by atoms with Crippen molar-refractivity contribution in [2.45, 2.75) is 52.6 Å². The zero-order valence-electron chi connectivity index (χ0n) is 12.9. The third-order valence-electron chi connectivity index (χ3n) is 4.10. The molecule has 1 saturated carbocycles. The van der Waals surface area contributed by atoms with E-state index in [0.717, 1.165) is 37.6 Å². The minimum Gasteiger partial charge on any atom is -0.383 e. The quantitative estimate of drug-likeness (QED) is 0.685. The van der Waals surface area contributed by atoms with E-state index in [1.54, 1.807) is 7.11 Å². The highest BCUT2D eigenvalue weighted by Crippen LogP contribution is 2.32. The first-order valence-corrected chi connectivity index (χ1v) is 7.55. The molecule has 0 amide bonds. The zero-order valence-corrected chi connectivity index (χ0v) is 12.9. The summed E-state index contributed by atoms with van der Waals surface area (Å²) in [5.74, 6) is 1.58. The summed E-state index contributed by atoms with van der Waals surface area (Å²) >= 11 is 0. The van der Waals surface area contributed by atoms with Gasteiger partial charge in [-0.15, -0.1) is 0 Å². The highest BCUT2D eigenvalue weighted by molar-refractivity contribution is 4.91. The normalized spacial score (nSPS) is 25.5. The second-order valence-corrected chi connectivity index (χ2v) is 6.09. The van der Waals surface area contributed by atoms with Crippen LogP contribution in [0.15, 0.2) is 0 Å². The molecule has 0 aromatic rings. The van der Waals surface area contributed by atoms with E-state index in [1.807, 2.05) is 0 Å². The fraction of sp³-hybridized carbons (Fsp3) is 1.00. The molecule has 3 atom stereocenters. The molecule has 1 aliphatic rings. The van der Waals surface area contributed by atoms with Gasteiger partial charge in [0.25, 0.3) is 0 Å². The van der Waals surface area contributed by atoms with Crippen molar-refractivity contribution in [3.05, 3.63) is 0 Å².